The van der Waals surface area contributed by atoms with Crippen LogP contribution in [-0.2, 0) is 11.8 Å². The van der Waals surface area contributed by atoms with Gasteiger partial charge in [-0.15, -0.1) is 10.2 Å². The van der Waals surface area contributed by atoms with Crippen LogP contribution in [0.1, 0.15) is 51.4 Å². The molecule has 168 valence electrons. The first kappa shape index (κ1) is 23.5. The van der Waals surface area contributed by atoms with Gasteiger partial charge in [0.15, 0.2) is 11.0 Å². The summed E-state index contributed by atoms with van der Waals surface area (Å²) in [6, 6.07) is 11.2. The summed E-state index contributed by atoms with van der Waals surface area (Å²) in [5.41, 5.74) is 5.80. The van der Waals surface area contributed by atoms with Gasteiger partial charge < -0.3 is 15.2 Å². The molecule has 32 heavy (non-hydrogen) atoms. The summed E-state index contributed by atoms with van der Waals surface area (Å²) < 4.78 is 1.81. The van der Waals surface area contributed by atoms with Crippen molar-refractivity contribution in [3.05, 3.63) is 70.0 Å². The van der Waals surface area contributed by atoms with Gasteiger partial charge in [-0.05, 0) is 57.9 Å². The first-order chi connectivity index (χ1) is 15.2. The molecule has 2 N–H and O–H groups in total. The molecule has 1 heterocycles. The van der Waals surface area contributed by atoms with E-state index in [4.69, 9.17) is 0 Å². The highest BCUT2D eigenvalue weighted by molar-refractivity contribution is 7.99. The van der Waals surface area contributed by atoms with E-state index in [9.17, 15) is 9.59 Å². The van der Waals surface area contributed by atoms with Crippen LogP contribution in [0.4, 0.5) is 5.69 Å². The van der Waals surface area contributed by atoms with Gasteiger partial charge in [-0.2, -0.15) is 0 Å². The van der Waals surface area contributed by atoms with Gasteiger partial charge in [0.1, 0.15) is 0 Å². The predicted molar refractivity (Wildman–Crippen MR) is 128 cm³/mol. The van der Waals surface area contributed by atoms with E-state index in [2.05, 4.69) is 33.0 Å². The molecule has 3 rings (SSSR count). The van der Waals surface area contributed by atoms with Crippen LogP contribution < -0.4 is 10.6 Å². The van der Waals surface area contributed by atoms with E-state index in [-0.39, 0.29) is 23.6 Å². The number of hydrogen-bond donors (Lipinski definition) is 2. The number of nitrogens with one attached hydrogen (secondary N) is 2. The molecule has 2 aromatic carbocycles. The van der Waals surface area contributed by atoms with Gasteiger partial charge in [0.05, 0.1) is 11.8 Å². The Morgan fingerprint density at radius 1 is 1.00 bits per heavy atom. The van der Waals surface area contributed by atoms with Crippen molar-refractivity contribution in [2.75, 3.05) is 11.1 Å². The zero-order valence-electron chi connectivity index (χ0n) is 19.3. The van der Waals surface area contributed by atoms with Crippen molar-refractivity contribution in [1.29, 1.82) is 0 Å². The summed E-state index contributed by atoms with van der Waals surface area (Å²) >= 11 is 1.31. The molecule has 7 nitrogen and oxygen atoms in total. The summed E-state index contributed by atoms with van der Waals surface area (Å²) in [5.74, 6) is 0.565. The lowest BCUT2D eigenvalue weighted by Crippen LogP contribution is -2.28. The zero-order valence-corrected chi connectivity index (χ0v) is 20.1. The molecule has 0 fully saturated rings. The normalized spacial score (nSPS) is 11.8. The van der Waals surface area contributed by atoms with Crippen molar-refractivity contribution in [2.24, 2.45) is 7.05 Å². The van der Waals surface area contributed by atoms with E-state index < -0.39 is 0 Å². The highest BCUT2D eigenvalue weighted by Crippen LogP contribution is 2.23. The molecule has 0 saturated carbocycles. The Balaban J connectivity index is 1.60. The van der Waals surface area contributed by atoms with E-state index in [0.717, 1.165) is 22.4 Å². The molecule has 0 bridgehead atoms. The number of anilines is 1. The van der Waals surface area contributed by atoms with E-state index >= 15 is 0 Å². The Morgan fingerprint density at radius 3 is 2.25 bits per heavy atom. The number of aromatic nitrogens is 3. The zero-order chi connectivity index (χ0) is 23.4. The number of aryl methyl sites for hydroxylation is 4. The topological polar surface area (TPSA) is 88.9 Å². The fourth-order valence-corrected chi connectivity index (χ4v) is 4.28. The third kappa shape index (κ3) is 5.56. The van der Waals surface area contributed by atoms with Gasteiger partial charge in [-0.3, -0.25) is 9.59 Å². The lowest BCUT2D eigenvalue weighted by Gasteiger charge is -2.14. The maximum absolute atomic E-state index is 12.5. The standard InChI is InChI=1S/C24H29N5O2S/c1-14-7-9-19(10-8-14)23(31)25-18(5)22-27-28-24(29(22)6)32-13-20(30)26-21-16(3)11-15(2)12-17(21)4/h7-12,18H,13H2,1-6H3,(H,25,31)(H,26,30)/t18-/m0/s1. The average Bonchev–Trinajstić information content (AvgIpc) is 3.10. The van der Waals surface area contributed by atoms with Gasteiger partial charge >= 0.3 is 0 Å². The first-order valence-electron chi connectivity index (χ1n) is 10.4. The smallest absolute Gasteiger partial charge is 0.251 e. The van der Waals surface area contributed by atoms with Crippen LogP contribution in [0.5, 0.6) is 0 Å². The minimum atomic E-state index is -0.331. The van der Waals surface area contributed by atoms with Crippen molar-refractivity contribution in [3.8, 4) is 0 Å². The van der Waals surface area contributed by atoms with Crippen molar-refractivity contribution in [1.82, 2.24) is 20.1 Å². The summed E-state index contributed by atoms with van der Waals surface area (Å²) in [4.78, 5) is 25.0. The number of hydrogen-bond acceptors (Lipinski definition) is 5. The maximum atomic E-state index is 12.5. The van der Waals surface area contributed by atoms with Gasteiger partial charge in [-0.25, -0.2) is 0 Å². The number of carbonyl (C=O) groups excluding carboxylic acids is 2. The Morgan fingerprint density at radius 2 is 1.62 bits per heavy atom. The van der Waals surface area contributed by atoms with E-state index in [1.807, 2.05) is 53.8 Å². The Labute approximate surface area is 193 Å². The number of thioether (sulfide) groups is 1. The molecule has 0 spiro atoms. The molecule has 1 aromatic heterocycles. The predicted octanol–water partition coefficient (Wildman–Crippen LogP) is 4.27. The van der Waals surface area contributed by atoms with Crippen molar-refractivity contribution in [3.63, 3.8) is 0 Å². The van der Waals surface area contributed by atoms with Crippen LogP contribution in [0.25, 0.3) is 0 Å². The van der Waals surface area contributed by atoms with Crippen LogP contribution in [0, 0.1) is 27.7 Å². The lowest BCUT2D eigenvalue weighted by atomic mass is 10.1. The van der Waals surface area contributed by atoms with Crippen molar-refractivity contribution < 1.29 is 9.59 Å². The molecule has 2 amide bonds. The Hall–Kier alpha value is -3.13. The summed E-state index contributed by atoms with van der Waals surface area (Å²) in [5, 5.41) is 15.0. The van der Waals surface area contributed by atoms with Gasteiger partial charge in [0.25, 0.3) is 5.91 Å². The lowest BCUT2D eigenvalue weighted by molar-refractivity contribution is -0.113. The number of carbonyl (C=O) groups is 2. The fraction of sp³-hybridized carbons (Fsp3) is 0.333. The fourth-order valence-electron chi connectivity index (χ4n) is 3.56. The molecule has 8 heteroatoms. The number of benzene rings is 2. The highest BCUT2D eigenvalue weighted by atomic mass is 32.2. The second-order valence-corrected chi connectivity index (χ2v) is 9.01. The summed E-state index contributed by atoms with van der Waals surface area (Å²) in [6.45, 7) is 9.86. The number of nitrogens with zero attached hydrogens (tertiary/aromatic N) is 3. The number of amides is 2. The van der Waals surface area contributed by atoms with Crippen LogP contribution in [-0.4, -0.2) is 32.3 Å². The second-order valence-electron chi connectivity index (χ2n) is 8.07. The highest BCUT2D eigenvalue weighted by Gasteiger charge is 2.19. The average molecular weight is 452 g/mol. The van der Waals surface area contributed by atoms with Crippen LogP contribution in [0.15, 0.2) is 41.6 Å². The maximum Gasteiger partial charge on any atom is 0.251 e. The molecular formula is C24H29N5O2S. The molecule has 0 aliphatic rings. The van der Waals surface area contributed by atoms with E-state index in [0.29, 0.717) is 16.5 Å². The quantitative estimate of drug-likeness (QED) is 0.524. The third-order valence-electron chi connectivity index (χ3n) is 5.19. The molecule has 1 atom stereocenters. The van der Waals surface area contributed by atoms with Crippen LogP contribution >= 0.6 is 11.8 Å². The van der Waals surface area contributed by atoms with Gasteiger partial charge in [-0.1, -0.05) is 47.2 Å². The first-order valence-corrected chi connectivity index (χ1v) is 11.4. The van der Waals surface area contributed by atoms with Gasteiger partial charge in [0.2, 0.25) is 5.91 Å². The largest absolute Gasteiger partial charge is 0.342 e. The minimum Gasteiger partial charge on any atom is -0.342 e. The second kappa shape index (κ2) is 9.99. The molecule has 0 aliphatic carbocycles. The minimum absolute atomic E-state index is 0.102. The summed E-state index contributed by atoms with van der Waals surface area (Å²) in [6.07, 6.45) is 0. The van der Waals surface area contributed by atoms with Crippen molar-refractivity contribution in [2.45, 2.75) is 45.8 Å². The molecule has 0 radical (unpaired) electrons. The number of rotatable bonds is 7. The Kier molecular flexibility index (Phi) is 7.35. The third-order valence-corrected chi connectivity index (χ3v) is 6.21. The molecule has 0 aliphatic heterocycles. The molecule has 0 unspecified atom stereocenters. The summed E-state index contributed by atoms with van der Waals surface area (Å²) in [7, 11) is 1.83. The monoisotopic (exact) mass is 451 g/mol. The molecular weight excluding hydrogens is 422 g/mol. The van der Waals surface area contributed by atoms with Gasteiger partial charge in [0, 0.05) is 18.3 Å². The van der Waals surface area contributed by atoms with Crippen LogP contribution in [0.3, 0.4) is 0 Å². The molecule has 3 aromatic rings. The van der Waals surface area contributed by atoms with Crippen molar-refractivity contribution >= 4 is 29.3 Å². The van der Waals surface area contributed by atoms with E-state index in [1.54, 1.807) is 16.7 Å². The van der Waals surface area contributed by atoms with E-state index in [1.165, 1.54) is 17.3 Å². The van der Waals surface area contributed by atoms with Crippen LogP contribution in [0.2, 0.25) is 0 Å². The SMILES string of the molecule is Cc1ccc(C(=O)N[C@@H](C)c2nnc(SCC(=O)Nc3c(C)cc(C)cc3C)n2C)cc1. The Bertz CT molecular complexity index is 1110. The molecule has 0 saturated heterocycles.